The molecule has 1 aliphatic rings. The maximum absolute atomic E-state index is 12.5. The fraction of sp³-hybridized carbons (Fsp3) is 0.318. The van der Waals surface area contributed by atoms with E-state index >= 15 is 0 Å². The van der Waals surface area contributed by atoms with Gasteiger partial charge in [0.05, 0.1) is 11.1 Å². The number of fused-ring (bicyclic) bond motifs is 1. The highest BCUT2D eigenvalue weighted by molar-refractivity contribution is 6.21. The average molecular weight is 364 g/mol. The molecule has 140 valence electrons. The van der Waals surface area contributed by atoms with Crippen molar-refractivity contribution in [1.82, 2.24) is 9.80 Å². The van der Waals surface area contributed by atoms with E-state index in [1.165, 1.54) is 10.5 Å². The van der Waals surface area contributed by atoms with Gasteiger partial charge in [-0.05, 0) is 36.6 Å². The lowest BCUT2D eigenvalue weighted by molar-refractivity contribution is -0.130. The number of imide groups is 1. The van der Waals surface area contributed by atoms with Gasteiger partial charge in [0.1, 0.15) is 0 Å². The van der Waals surface area contributed by atoms with E-state index < -0.39 is 0 Å². The second-order valence-corrected chi connectivity index (χ2v) is 6.98. The van der Waals surface area contributed by atoms with Gasteiger partial charge in [0, 0.05) is 26.6 Å². The minimum Gasteiger partial charge on any atom is -0.341 e. The number of hydrogen-bond donors (Lipinski definition) is 0. The van der Waals surface area contributed by atoms with E-state index in [2.05, 4.69) is 19.1 Å². The zero-order chi connectivity index (χ0) is 19.6. The van der Waals surface area contributed by atoms with Gasteiger partial charge in [-0.2, -0.15) is 0 Å². The molecule has 27 heavy (non-hydrogen) atoms. The first-order chi connectivity index (χ1) is 12.9. The van der Waals surface area contributed by atoms with Crippen LogP contribution in [0.2, 0.25) is 0 Å². The van der Waals surface area contributed by atoms with E-state index in [9.17, 15) is 14.4 Å². The molecule has 0 N–H and O–H groups in total. The van der Waals surface area contributed by atoms with E-state index in [-0.39, 0.29) is 30.7 Å². The molecule has 5 nitrogen and oxygen atoms in total. The number of aryl methyl sites for hydroxylation is 2. The molecule has 0 radical (unpaired) electrons. The lowest BCUT2D eigenvalue weighted by Crippen LogP contribution is -2.35. The van der Waals surface area contributed by atoms with Gasteiger partial charge in [-0.3, -0.25) is 19.3 Å². The van der Waals surface area contributed by atoms with Crippen molar-refractivity contribution in [3.8, 4) is 0 Å². The fourth-order valence-corrected chi connectivity index (χ4v) is 3.25. The van der Waals surface area contributed by atoms with Crippen LogP contribution in [0.3, 0.4) is 0 Å². The molecule has 0 spiro atoms. The first-order valence-corrected chi connectivity index (χ1v) is 9.19. The SMILES string of the molecule is CCc1ccc(CN(C)C(=O)CCN2C(=O)c3ccc(C)cc3C2=O)cc1. The van der Waals surface area contributed by atoms with Crippen molar-refractivity contribution in [2.45, 2.75) is 33.2 Å². The van der Waals surface area contributed by atoms with Gasteiger partial charge in [-0.15, -0.1) is 0 Å². The van der Waals surface area contributed by atoms with Crippen LogP contribution < -0.4 is 0 Å². The first kappa shape index (κ1) is 18.8. The molecule has 0 atom stereocenters. The predicted octanol–water partition coefficient (Wildman–Crippen LogP) is 3.20. The molecule has 5 heteroatoms. The standard InChI is InChI=1S/C22H24N2O3/c1-4-16-6-8-17(9-7-16)14-23(3)20(25)11-12-24-21(26)18-10-5-15(2)13-19(18)22(24)27/h5-10,13H,4,11-12,14H2,1-3H3. The van der Waals surface area contributed by atoms with Crippen LogP contribution in [0.4, 0.5) is 0 Å². The summed E-state index contributed by atoms with van der Waals surface area (Å²) in [4.78, 5) is 40.2. The zero-order valence-electron chi connectivity index (χ0n) is 16.0. The highest BCUT2D eigenvalue weighted by atomic mass is 16.2. The van der Waals surface area contributed by atoms with Crippen LogP contribution >= 0.6 is 0 Å². The average Bonchev–Trinajstić information content (AvgIpc) is 2.90. The van der Waals surface area contributed by atoms with Gasteiger partial charge < -0.3 is 4.90 Å². The van der Waals surface area contributed by atoms with Crippen molar-refractivity contribution >= 4 is 17.7 Å². The molecule has 0 aromatic heterocycles. The minimum atomic E-state index is -0.319. The van der Waals surface area contributed by atoms with E-state index in [1.807, 2.05) is 25.1 Å². The van der Waals surface area contributed by atoms with Crippen molar-refractivity contribution < 1.29 is 14.4 Å². The highest BCUT2D eigenvalue weighted by Gasteiger charge is 2.35. The Morgan fingerprint density at radius 3 is 2.26 bits per heavy atom. The van der Waals surface area contributed by atoms with Crippen LogP contribution in [0, 0.1) is 6.92 Å². The molecule has 0 bridgehead atoms. The van der Waals surface area contributed by atoms with Crippen molar-refractivity contribution in [2.24, 2.45) is 0 Å². The second-order valence-electron chi connectivity index (χ2n) is 6.98. The van der Waals surface area contributed by atoms with E-state index in [1.54, 1.807) is 24.1 Å². The van der Waals surface area contributed by atoms with Crippen LogP contribution in [-0.2, 0) is 17.8 Å². The lowest BCUT2D eigenvalue weighted by Gasteiger charge is -2.19. The molecule has 1 aliphatic heterocycles. The summed E-state index contributed by atoms with van der Waals surface area (Å²) in [5.74, 6) is -0.729. The zero-order valence-corrected chi connectivity index (χ0v) is 16.0. The lowest BCUT2D eigenvalue weighted by atomic mass is 10.1. The van der Waals surface area contributed by atoms with Gasteiger partial charge in [0.25, 0.3) is 11.8 Å². The number of benzene rings is 2. The summed E-state index contributed by atoms with van der Waals surface area (Å²) in [7, 11) is 1.74. The Kier molecular flexibility index (Phi) is 5.40. The number of hydrogen-bond acceptors (Lipinski definition) is 3. The number of nitrogens with zero attached hydrogens (tertiary/aromatic N) is 2. The summed E-state index contributed by atoms with van der Waals surface area (Å²) < 4.78 is 0. The van der Waals surface area contributed by atoms with E-state index in [4.69, 9.17) is 0 Å². The Morgan fingerprint density at radius 2 is 1.59 bits per heavy atom. The van der Waals surface area contributed by atoms with Crippen molar-refractivity contribution in [1.29, 1.82) is 0 Å². The summed E-state index contributed by atoms with van der Waals surface area (Å²) in [6.07, 6.45) is 1.10. The highest BCUT2D eigenvalue weighted by Crippen LogP contribution is 2.24. The quantitative estimate of drug-likeness (QED) is 0.740. The molecular formula is C22H24N2O3. The van der Waals surface area contributed by atoms with Crippen LogP contribution in [0.15, 0.2) is 42.5 Å². The van der Waals surface area contributed by atoms with Crippen LogP contribution in [0.1, 0.15) is 50.8 Å². The predicted molar refractivity (Wildman–Crippen MR) is 103 cm³/mol. The third-order valence-corrected chi connectivity index (χ3v) is 4.95. The molecule has 2 aromatic rings. The molecule has 3 amide bonds. The van der Waals surface area contributed by atoms with Crippen LogP contribution in [0.5, 0.6) is 0 Å². The van der Waals surface area contributed by atoms with Gasteiger partial charge in [-0.25, -0.2) is 0 Å². The van der Waals surface area contributed by atoms with Gasteiger partial charge in [-0.1, -0.05) is 42.8 Å². The van der Waals surface area contributed by atoms with E-state index in [0.29, 0.717) is 17.7 Å². The monoisotopic (exact) mass is 364 g/mol. The summed E-state index contributed by atoms with van der Waals surface area (Å²) in [6.45, 7) is 4.59. The number of rotatable bonds is 6. The summed E-state index contributed by atoms with van der Waals surface area (Å²) in [6, 6.07) is 13.4. The molecule has 0 aliphatic carbocycles. The topological polar surface area (TPSA) is 57.7 Å². The Labute approximate surface area is 159 Å². The van der Waals surface area contributed by atoms with Crippen LogP contribution in [0.25, 0.3) is 0 Å². The minimum absolute atomic E-state index is 0.0951. The van der Waals surface area contributed by atoms with E-state index in [0.717, 1.165) is 17.5 Å². The maximum Gasteiger partial charge on any atom is 0.261 e. The Hall–Kier alpha value is -2.95. The second kappa shape index (κ2) is 7.74. The Bertz CT molecular complexity index is 887. The van der Waals surface area contributed by atoms with Crippen molar-refractivity contribution in [3.05, 3.63) is 70.3 Å². The molecule has 3 rings (SSSR count). The molecule has 0 fully saturated rings. The van der Waals surface area contributed by atoms with Crippen LogP contribution in [-0.4, -0.2) is 41.1 Å². The Morgan fingerprint density at radius 1 is 0.963 bits per heavy atom. The summed E-state index contributed by atoms with van der Waals surface area (Å²) in [5.41, 5.74) is 4.09. The molecule has 1 heterocycles. The summed E-state index contributed by atoms with van der Waals surface area (Å²) >= 11 is 0. The molecule has 0 saturated heterocycles. The van der Waals surface area contributed by atoms with Gasteiger partial charge in [0.2, 0.25) is 5.91 Å². The molecule has 0 saturated carbocycles. The van der Waals surface area contributed by atoms with Gasteiger partial charge >= 0.3 is 0 Å². The third kappa shape index (κ3) is 3.92. The van der Waals surface area contributed by atoms with Crippen molar-refractivity contribution in [3.63, 3.8) is 0 Å². The smallest absolute Gasteiger partial charge is 0.261 e. The number of amides is 3. The fourth-order valence-electron chi connectivity index (χ4n) is 3.25. The Balaban J connectivity index is 1.58. The summed E-state index contributed by atoms with van der Waals surface area (Å²) in [5, 5.41) is 0. The largest absolute Gasteiger partial charge is 0.341 e. The molecular weight excluding hydrogens is 340 g/mol. The normalized spacial score (nSPS) is 13.1. The first-order valence-electron chi connectivity index (χ1n) is 9.19. The number of carbonyl (C=O) groups is 3. The third-order valence-electron chi connectivity index (χ3n) is 4.95. The van der Waals surface area contributed by atoms with Gasteiger partial charge in [0.15, 0.2) is 0 Å². The van der Waals surface area contributed by atoms with Crippen molar-refractivity contribution in [2.75, 3.05) is 13.6 Å². The molecule has 0 unspecified atom stereocenters. The number of carbonyl (C=O) groups excluding carboxylic acids is 3. The maximum atomic E-state index is 12.5. The molecule has 2 aromatic carbocycles.